The summed E-state index contributed by atoms with van der Waals surface area (Å²) in [6.45, 7) is 8.94. The molecular formula is C13H22BrN3O. The van der Waals surface area contributed by atoms with Crippen molar-refractivity contribution in [2.24, 2.45) is 5.92 Å². The number of ether oxygens (including phenoxy) is 1. The van der Waals surface area contributed by atoms with Crippen LogP contribution in [0.3, 0.4) is 0 Å². The number of nitrogen functional groups attached to an aromatic ring is 1. The molecule has 2 N–H and O–H groups in total. The molecule has 18 heavy (non-hydrogen) atoms. The van der Waals surface area contributed by atoms with E-state index in [9.17, 15) is 0 Å². The van der Waals surface area contributed by atoms with Gasteiger partial charge in [-0.25, -0.2) is 9.97 Å². The summed E-state index contributed by atoms with van der Waals surface area (Å²) < 4.78 is 6.53. The topological polar surface area (TPSA) is 61.0 Å². The molecule has 0 aliphatic heterocycles. The molecule has 1 unspecified atom stereocenters. The van der Waals surface area contributed by atoms with Crippen LogP contribution in [0.1, 0.15) is 51.7 Å². The normalized spacial score (nSPS) is 13.0. The summed E-state index contributed by atoms with van der Waals surface area (Å²) >= 11 is 3.45. The molecule has 5 heteroatoms. The second-order valence-corrected chi connectivity index (χ2v) is 5.39. The van der Waals surface area contributed by atoms with Gasteiger partial charge in [-0.15, -0.1) is 0 Å². The molecule has 0 bridgehead atoms. The van der Waals surface area contributed by atoms with E-state index in [-0.39, 0.29) is 6.10 Å². The Kier molecular flexibility index (Phi) is 6.02. The maximum absolute atomic E-state index is 5.93. The minimum atomic E-state index is -0.0963. The van der Waals surface area contributed by atoms with Gasteiger partial charge in [0.1, 0.15) is 11.9 Å². The third kappa shape index (κ3) is 3.65. The Morgan fingerprint density at radius 2 is 1.94 bits per heavy atom. The molecule has 0 saturated heterocycles. The Labute approximate surface area is 117 Å². The van der Waals surface area contributed by atoms with E-state index >= 15 is 0 Å². The second kappa shape index (κ2) is 7.04. The molecule has 0 aliphatic carbocycles. The summed E-state index contributed by atoms with van der Waals surface area (Å²) in [5.41, 5.74) is 6.90. The quantitative estimate of drug-likeness (QED) is 0.872. The van der Waals surface area contributed by atoms with Crippen LogP contribution in [0, 0.1) is 5.92 Å². The lowest BCUT2D eigenvalue weighted by molar-refractivity contribution is 0.0231. The molecule has 0 aromatic carbocycles. The Bertz CT molecular complexity index is 396. The van der Waals surface area contributed by atoms with E-state index in [1.165, 1.54) is 0 Å². The molecule has 1 atom stereocenters. The molecule has 1 aromatic heterocycles. The summed E-state index contributed by atoms with van der Waals surface area (Å²) in [4.78, 5) is 8.95. The number of nitrogens with zero attached hydrogens (tertiary/aromatic N) is 2. The van der Waals surface area contributed by atoms with Crippen LogP contribution in [0.2, 0.25) is 0 Å². The van der Waals surface area contributed by atoms with Crippen LogP contribution in [0.25, 0.3) is 0 Å². The Balaban J connectivity index is 3.14. The van der Waals surface area contributed by atoms with Crippen molar-refractivity contribution in [2.75, 3.05) is 12.3 Å². The fourth-order valence-corrected chi connectivity index (χ4v) is 2.18. The maximum Gasteiger partial charge on any atom is 0.160 e. The van der Waals surface area contributed by atoms with Crippen molar-refractivity contribution in [1.29, 1.82) is 0 Å². The molecule has 1 aromatic rings. The summed E-state index contributed by atoms with van der Waals surface area (Å²) in [5.74, 6) is 1.50. The largest absolute Gasteiger partial charge is 0.383 e. The molecule has 4 nitrogen and oxygen atoms in total. The molecule has 0 fully saturated rings. The summed E-state index contributed by atoms with van der Waals surface area (Å²) in [5, 5.41) is 0. The number of rotatable bonds is 6. The zero-order valence-corrected chi connectivity index (χ0v) is 13.1. The monoisotopic (exact) mass is 315 g/mol. The average Bonchev–Trinajstić information content (AvgIpc) is 2.31. The Hall–Kier alpha value is -0.680. The predicted molar refractivity (Wildman–Crippen MR) is 77.3 cm³/mol. The van der Waals surface area contributed by atoms with Gasteiger partial charge in [0.25, 0.3) is 0 Å². The van der Waals surface area contributed by atoms with E-state index in [4.69, 9.17) is 10.5 Å². The molecule has 0 radical (unpaired) electrons. The minimum Gasteiger partial charge on any atom is -0.383 e. The number of hydrogen-bond acceptors (Lipinski definition) is 4. The fourth-order valence-electron chi connectivity index (χ4n) is 1.81. The smallest absolute Gasteiger partial charge is 0.160 e. The number of anilines is 1. The van der Waals surface area contributed by atoms with Gasteiger partial charge in [0, 0.05) is 6.61 Å². The summed E-state index contributed by atoms with van der Waals surface area (Å²) in [7, 11) is 0. The second-order valence-electron chi connectivity index (χ2n) is 4.60. The summed E-state index contributed by atoms with van der Waals surface area (Å²) in [6.07, 6.45) is 1.81. The number of aryl methyl sites for hydroxylation is 1. The van der Waals surface area contributed by atoms with Crippen LogP contribution in [0.4, 0.5) is 5.82 Å². The lowest BCUT2D eigenvalue weighted by Gasteiger charge is -2.20. The van der Waals surface area contributed by atoms with E-state index in [2.05, 4.69) is 46.7 Å². The van der Waals surface area contributed by atoms with Crippen LogP contribution in [-0.4, -0.2) is 16.6 Å². The summed E-state index contributed by atoms with van der Waals surface area (Å²) in [6, 6.07) is 0. The Morgan fingerprint density at radius 1 is 1.28 bits per heavy atom. The molecule has 1 rings (SSSR count). The van der Waals surface area contributed by atoms with Crippen LogP contribution in [0.5, 0.6) is 0 Å². The molecule has 0 amide bonds. The number of hydrogen-bond donors (Lipinski definition) is 1. The fraction of sp³-hybridized carbons (Fsp3) is 0.692. The van der Waals surface area contributed by atoms with Crippen molar-refractivity contribution >= 4 is 21.7 Å². The zero-order valence-electron chi connectivity index (χ0n) is 11.5. The van der Waals surface area contributed by atoms with Gasteiger partial charge < -0.3 is 10.5 Å². The van der Waals surface area contributed by atoms with Crippen molar-refractivity contribution in [1.82, 2.24) is 9.97 Å². The van der Waals surface area contributed by atoms with E-state index in [0.717, 1.165) is 23.0 Å². The predicted octanol–water partition coefficient (Wildman–Crippen LogP) is 3.51. The highest BCUT2D eigenvalue weighted by Crippen LogP contribution is 2.28. The minimum absolute atomic E-state index is 0.0963. The molecule has 0 saturated carbocycles. The number of aromatic nitrogens is 2. The van der Waals surface area contributed by atoms with Gasteiger partial charge in [-0.05, 0) is 35.2 Å². The van der Waals surface area contributed by atoms with Crippen molar-refractivity contribution in [3.05, 3.63) is 16.0 Å². The van der Waals surface area contributed by atoms with Crippen molar-refractivity contribution in [3.63, 3.8) is 0 Å². The van der Waals surface area contributed by atoms with Crippen LogP contribution < -0.4 is 5.73 Å². The van der Waals surface area contributed by atoms with Crippen molar-refractivity contribution in [2.45, 2.75) is 46.6 Å². The van der Waals surface area contributed by atoms with Gasteiger partial charge >= 0.3 is 0 Å². The first-order valence-electron chi connectivity index (χ1n) is 6.44. The van der Waals surface area contributed by atoms with Gasteiger partial charge in [0.05, 0.1) is 10.2 Å². The lowest BCUT2D eigenvalue weighted by Crippen LogP contribution is -2.17. The third-order valence-corrected chi connectivity index (χ3v) is 3.52. The maximum atomic E-state index is 5.93. The van der Waals surface area contributed by atoms with E-state index < -0.39 is 0 Å². The number of halogens is 1. The van der Waals surface area contributed by atoms with E-state index in [1.54, 1.807) is 0 Å². The third-order valence-electron chi connectivity index (χ3n) is 2.66. The highest BCUT2D eigenvalue weighted by atomic mass is 79.9. The first-order chi connectivity index (χ1) is 8.51. The SMILES string of the molecule is CCCc1nc(C(OCC)C(C)C)nc(N)c1Br. The average molecular weight is 316 g/mol. The van der Waals surface area contributed by atoms with Gasteiger partial charge in [-0.3, -0.25) is 0 Å². The first-order valence-corrected chi connectivity index (χ1v) is 7.23. The van der Waals surface area contributed by atoms with E-state index in [1.807, 2.05) is 6.92 Å². The molecule has 1 heterocycles. The number of nitrogens with two attached hydrogens (primary N) is 1. The molecule has 102 valence electrons. The molecule has 0 spiro atoms. The highest BCUT2D eigenvalue weighted by Gasteiger charge is 2.21. The first kappa shape index (κ1) is 15.4. The standard InChI is InChI=1S/C13H22BrN3O/c1-5-7-9-10(14)12(15)17-13(16-9)11(8(3)4)18-6-2/h8,11H,5-7H2,1-4H3,(H2,15,16,17). The van der Waals surface area contributed by atoms with Crippen LogP contribution in [0.15, 0.2) is 4.47 Å². The van der Waals surface area contributed by atoms with Gasteiger partial charge in [0.2, 0.25) is 0 Å². The lowest BCUT2D eigenvalue weighted by atomic mass is 10.1. The van der Waals surface area contributed by atoms with Gasteiger partial charge in [-0.2, -0.15) is 0 Å². The van der Waals surface area contributed by atoms with Crippen molar-refractivity contribution in [3.8, 4) is 0 Å². The van der Waals surface area contributed by atoms with Gasteiger partial charge in [0.15, 0.2) is 5.82 Å². The van der Waals surface area contributed by atoms with Crippen molar-refractivity contribution < 1.29 is 4.74 Å². The van der Waals surface area contributed by atoms with Gasteiger partial charge in [-0.1, -0.05) is 27.2 Å². The Morgan fingerprint density at radius 3 is 2.44 bits per heavy atom. The molecule has 0 aliphatic rings. The zero-order chi connectivity index (χ0) is 13.7. The van der Waals surface area contributed by atoms with E-state index in [0.29, 0.717) is 24.2 Å². The highest BCUT2D eigenvalue weighted by molar-refractivity contribution is 9.10. The van der Waals surface area contributed by atoms with Crippen LogP contribution >= 0.6 is 15.9 Å². The van der Waals surface area contributed by atoms with Crippen LogP contribution in [-0.2, 0) is 11.2 Å². The molecular weight excluding hydrogens is 294 g/mol.